The Bertz CT molecular complexity index is 723. The van der Waals surface area contributed by atoms with Crippen LogP contribution in [0.2, 0.25) is 0 Å². The summed E-state index contributed by atoms with van der Waals surface area (Å²) in [5, 5.41) is 8.45. The van der Waals surface area contributed by atoms with Crippen LogP contribution in [-0.2, 0) is 6.42 Å². The fraction of sp³-hybridized carbons (Fsp3) is 0.607. The number of benzene rings is 1. The van der Waals surface area contributed by atoms with Gasteiger partial charge in [0.2, 0.25) is 0 Å². The molecule has 0 heterocycles. The van der Waals surface area contributed by atoms with Crippen LogP contribution in [0.3, 0.4) is 0 Å². The molecule has 1 aromatic carbocycles. The van der Waals surface area contributed by atoms with Crippen molar-refractivity contribution in [3.8, 4) is 6.07 Å². The molecule has 2 fully saturated rings. The summed E-state index contributed by atoms with van der Waals surface area (Å²) in [6.45, 7) is 2.25. The number of nitriles is 1. The van der Waals surface area contributed by atoms with Crippen molar-refractivity contribution in [1.29, 1.82) is 5.26 Å². The van der Waals surface area contributed by atoms with E-state index in [2.05, 4.69) is 37.3 Å². The number of aryl methyl sites for hydroxylation is 1. The van der Waals surface area contributed by atoms with Gasteiger partial charge >= 0.3 is 0 Å². The van der Waals surface area contributed by atoms with E-state index < -0.39 is 5.83 Å². The average Bonchev–Trinajstić information content (AvgIpc) is 2.79. The standard InChI is InChI=1S/C28H38FN/c1-2-4-22-13-17-26(18-14-22)27-19-15-25(16-20-27)12-11-24-9-7-23(8-10-24)5-3-6-28(29)21-30/h3,5-6,13-14,17-18,23-25,27H,2,4,7-12,15-16,19-20H2,1H3. The Hall–Kier alpha value is -1.88. The summed E-state index contributed by atoms with van der Waals surface area (Å²) >= 11 is 0. The summed E-state index contributed by atoms with van der Waals surface area (Å²) in [5.74, 6) is 2.44. The summed E-state index contributed by atoms with van der Waals surface area (Å²) in [6, 6.07) is 11.0. The van der Waals surface area contributed by atoms with E-state index in [9.17, 15) is 4.39 Å². The van der Waals surface area contributed by atoms with Crippen molar-refractivity contribution in [3.05, 3.63) is 59.4 Å². The number of rotatable bonds is 8. The highest BCUT2D eigenvalue weighted by Crippen LogP contribution is 2.40. The molecule has 1 aromatic rings. The minimum absolute atomic E-state index is 0.558. The van der Waals surface area contributed by atoms with E-state index in [1.54, 1.807) is 11.6 Å². The summed E-state index contributed by atoms with van der Waals surface area (Å²) < 4.78 is 12.8. The molecule has 30 heavy (non-hydrogen) atoms. The van der Waals surface area contributed by atoms with Crippen molar-refractivity contribution in [3.63, 3.8) is 0 Å². The van der Waals surface area contributed by atoms with Crippen molar-refractivity contribution in [2.45, 2.75) is 89.9 Å². The molecule has 3 rings (SSSR count). The van der Waals surface area contributed by atoms with Crippen LogP contribution in [-0.4, -0.2) is 0 Å². The Labute approximate surface area is 183 Å². The lowest BCUT2D eigenvalue weighted by atomic mass is 9.74. The Morgan fingerprint density at radius 2 is 1.57 bits per heavy atom. The van der Waals surface area contributed by atoms with E-state index in [4.69, 9.17) is 5.26 Å². The summed E-state index contributed by atoms with van der Waals surface area (Å²) in [5.41, 5.74) is 3.04. The molecule has 162 valence electrons. The zero-order chi connectivity index (χ0) is 21.2. The Morgan fingerprint density at radius 3 is 2.13 bits per heavy atom. The maximum absolute atomic E-state index is 12.8. The van der Waals surface area contributed by atoms with Gasteiger partial charge in [-0.05, 0) is 98.7 Å². The van der Waals surface area contributed by atoms with Crippen LogP contribution in [0.4, 0.5) is 4.39 Å². The lowest BCUT2D eigenvalue weighted by Gasteiger charge is -2.31. The average molecular weight is 408 g/mol. The van der Waals surface area contributed by atoms with Crippen molar-refractivity contribution in [1.82, 2.24) is 0 Å². The van der Waals surface area contributed by atoms with Gasteiger partial charge in [0.25, 0.3) is 0 Å². The molecule has 0 amide bonds. The van der Waals surface area contributed by atoms with E-state index in [1.807, 2.05) is 0 Å². The fourth-order valence-corrected chi connectivity index (χ4v) is 5.50. The first-order valence-electron chi connectivity index (χ1n) is 12.2. The predicted octanol–water partition coefficient (Wildman–Crippen LogP) is 8.43. The van der Waals surface area contributed by atoms with Gasteiger partial charge in [0.1, 0.15) is 6.07 Å². The molecule has 0 aliphatic heterocycles. The van der Waals surface area contributed by atoms with Gasteiger partial charge in [0.15, 0.2) is 5.83 Å². The number of halogens is 1. The largest absolute Gasteiger partial charge is 0.199 e. The summed E-state index contributed by atoms with van der Waals surface area (Å²) in [6.07, 6.45) is 20.9. The summed E-state index contributed by atoms with van der Waals surface area (Å²) in [4.78, 5) is 0. The lowest BCUT2D eigenvalue weighted by molar-refractivity contribution is 0.246. The van der Waals surface area contributed by atoms with Gasteiger partial charge < -0.3 is 0 Å². The van der Waals surface area contributed by atoms with Crippen LogP contribution in [0.15, 0.2) is 48.3 Å². The van der Waals surface area contributed by atoms with E-state index in [1.165, 1.54) is 94.8 Å². The van der Waals surface area contributed by atoms with Gasteiger partial charge in [-0.1, -0.05) is 62.6 Å². The van der Waals surface area contributed by atoms with Gasteiger partial charge in [0.05, 0.1) is 0 Å². The first kappa shape index (κ1) is 22.8. The van der Waals surface area contributed by atoms with Crippen molar-refractivity contribution < 1.29 is 4.39 Å². The first-order valence-corrected chi connectivity index (χ1v) is 12.2. The lowest BCUT2D eigenvalue weighted by Crippen LogP contribution is -2.17. The molecule has 0 spiro atoms. The second-order valence-electron chi connectivity index (χ2n) is 9.58. The highest BCUT2D eigenvalue weighted by Gasteiger charge is 2.24. The van der Waals surface area contributed by atoms with Crippen LogP contribution in [0.1, 0.15) is 94.6 Å². The molecule has 2 aliphatic rings. The van der Waals surface area contributed by atoms with Gasteiger partial charge in [-0.25, -0.2) is 0 Å². The second kappa shape index (κ2) is 12.1. The topological polar surface area (TPSA) is 23.8 Å². The smallest absolute Gasteiger partial charge is 0.195 e. The van der Waals surface area contributed by atoms with Crippen molar-refractivity contribution in [2.75, 3.05) is 0 Å². The normalized spacial score (nSPS) is 27.8. The molecule has 2 aliphatic carbocycles. The fourth-order valence-electron chi connectivity index (χ4n) is 5.50. The molecule has 0 unspecified atom stereocenters. The zero-order valence-corrected chi connectivity index (χ0v) is 18.7. The molecule has 1 nitrogen and oxygen atoms in total. The maximum atomic E-state index is 12.8. The number of hydrogen-bond acceptors (Lipinski definition) is 1. The summed E-state index contributed by atoms with van der Waals surface area (Å²) in [7, 11) is 0. The molecule has 0 bridgehead atoms. The van der Waals surface area contributed by atoms with Gasteiger partial charge in [-0.3, -0.25) is 0 Å². The second-order valence-corrected chi connectivity index (χ2v) is 9.58. The van der Waals surface area contributed by atoms with E-state index in [0.717, 1.165) is 17.8 Å². The monoisotopic (exact) mass is 407 g/mol. The van der Waals surface area contributed by atoms with Crippen LogP contribution < -0.4 is 0 Å². The zero-order valence-electron chi connectivity index (χ0n) is 18.7. The van der Waals surface area contributed by atoms with Crippen LogP contribution in [0.5, 0.6) is 0 Å². The molecule has 2 saturated carbocycles. The molecular weight excluding hydrogens is 369 g/mol. The molecule has 0 atom stereocenters. The first-order chi connectivity index (χ1) is 14.7. The Morgan fingerprint density at radius 1 is 0.967 bits per heavy atom. The predicted molar refractivity (Wildman–Crippen MR) is 124 cm³/mol. The number of hydrogen-bond donors (Lipinski definition) is 0. The van der Waals surface area contributed by atoms with Crippen LogP contribution in [0.25, 0.3) is 0 Å². The minimum Gasteiger partial charge on any atom is -0.195 e. The molecule has 0 aromatic heterocycles. The third-order valence-corrected chi connectivity index (χ3v) is 7.44. The maximum Gasteiger partial charge on any atom is 0.199 e. The van der Waals surface area contributed by atoms with E-state index in [0.29, 0.717) is 5.92 Å². The number of nitrogens with zero attached hydrogens (tertiary/aromatic N) is 1. The third kappa shape index (κ3) is 7.12. The molecular formula is C28H38FN. The molecule has 0 saturated heterocycles. The Balaban J connectivity index is 1.33. The molecule has 2 heteroatoms. The van der Waals surface area contributed by atoms with E-state index in [-0.39, 0.29) is 0 Å². The minimum atomic E-state index is -0.705. The van der Waals surface area contributed by atoms with Crippen molar-refractivity contribution >= 4 is 0 Å². The quantitative estimate of drug-likeness (QED) is 0.313. The molecule has 0 radical (unpaired) electrons. The molecule has 0 N–H and O–H groups in total. The van der Waals surface area contributed by atoms with E-state index >= 15 is 0 Å². The number of allylic oxidation sites excluding steroid dienone is 4. The van der Waals surface area contributed by atoms with Gasteiger partial charge in [-0.15, -0.1) is 0 Å². The van der Waals surface area contributed by atoms with Gasteiger partial charge in [0, 0.05) is 0 Å². The third-order valence-electron chi connectivity index (χ3n) is 7.44. The van der Waals surface area contributed by atoms with Gasteiger partial charge in [-0.2, -0.15) is 9.65 Å². The van der Waals surface area contributed by atoms with Crippen LogP contribution >= 0.6 is 0 Å². The van der Waals surface area contributed by atoms with Crippen LogP contribution in [0, 0.1) is 29.1 Å². The Kier molecular flexibility index (Phi) is 9.19. The highest BCUT2D eigenvalue weighted by molar-refractivity contribution is 5.26. The van der Waals surface area contributed by atoms with Crippen molar-refractivity contribution in [2.24, 2.45) is 17.8 Å². The SMILES string of the molecule is CCCc1ccc(C2CCC(CCC3CCC(C=CC=C(F)C#N)CC3)CC2)cc1. The highest BCUT2D eigenvalue weighted by atomic mass is 19.1.